The third-order valence-corrected chi connectivity index (χ3v) is 4.45. The van der Waals surface area contributed by atoms with E-state index >= 15 is 0 Å². The molecule has 0 aromatic heterocycles. The predicted octanol–water partition coefficient (Wildman–Crippen LogP) is 5.36. The molecule has 0 amide bonds. The van der Waals surface area contributed by atoms with E-state index in [1.165, 1.54) is 77.3 Å². The van der Waals surface area contributed by atoms with Gasteiger partial charge in [-0.1, -0.05) is 65.2 Å². The molecule has 0 N–H and O–H groups in total. The van der Waals surface area contributed by atoms with E-state index in [1.807, 2.05) is 0 Å². The van der Waals surface area contributed by atoms with Crippen molar-refractivity contribution in [1.29, 1.82) is 0 Å². The Hall–Kier alpha value is -0.660. The summed E-state index contributed by atoms with van der Waals surface area (Å²) < 4.78 is 0. The van der Waals surface area contributed by atoms with E-state index in [2.05, 4.69) is 43.0 Å². The van der Waals surface area contributed by atoms with E-state index in [0.717, 1.165) is 0 Å². The van der Waals surface area contributed by atoms with Gasteiger partial charge in [-0.25, -0.2) is 0 Å². The molecule has 2 heteroatoms. The maximum Gasteiger partial charge on any atom is 0.0977 e. The first kappa shape index (κ1) is 17.4. The maximum atomic E-state index is 2.51. The standard InChI is InChI=1S/C18H36N2/c1-4-6-8-9-10-11-12-13-15-20-17-16-19(18(20)3)14-7-5-2/h16-18H,4-15H2,1-3H3. The third-order valence-electron chi connectivity index (χ3n) is 4.45. The Labute approximate surface area is 127 Å². The van der Waals surface area contributed by atoms with Crippen molar-refractivity contribution in [3.8, 4) is 0 Å². The van der Waals surface area contributed by atoms with Crippen LogP contribution in [0.5, 0.6) is 0 Å². The van der Waals surface area contributed by atoms with Crippen LogP contribution in [0.4, 0.5) is 0 Å². The van der Waals surface area contributed by atoms with Crippen LogP contribution in [0.15, 0.2) is 12.4 Å². The SMILES string of the molecule is CCCCCCCCCCN1C=CN(CCCC)C1C. The lowest BCUT2D eigenvalue weighted by molar-refractivity contribution is 0.166. The molecule has 0 saturated carbocycles. The van der Waals surface area contributed by atoms with E-state index in [4.69, 9.17) is 0 Å². The Morgan fingerprint density at radius 3 is 1.65 bits per heavy atom. The number of rotatable bonds is 12. The van der Waals surface area contributed by atoms with Crippen molar-refractivity contribution < 1.29 is 0 Å². The lowest BCUT2D eigenvalue weighted by Gasteiger charge is -2.29. The molecule has 118 valence electrons. The van der Waals surface area contributed by atoms with Crippen LogP contribution in [-0.2, 0) is 0 Å². The summed E-state index contributed by atoms with van der Waals surface area (Å²) in [5.74, 6) is 0. The second-order valence-electron chi connectivity index (χ2n) is 6.23. The first-order chi connectivity index (χ1) is 9.79. The van der Waals surface area contributed by atoms with E-state index in [-0.39, 0.29) is 0 Å². The number of hydrogen-bond donors (Lipinski definition) is 0. The smallest absolute Gasteiger partial charge is 0.0977 e. The number of hydrogen-bond acceptors (Lipinski definition) is 2. The first-order valence-electron chi connectivity index (χ1n) is 8.99. The highest BCUT2D eigenvalue weighted by Crippen LogP contribution is 2.17. The molecule has 0 spiro atoms. The number of nitrogens with zero attached hydrogens (tertiary/aromatic N) is 2. The van der Waals surface area contributed by atoms with Crippen LogP contribution >= 0.6 is 0 Å². The second kappa shape index (κ2) is 11.0. The molecule has 0 fully saturated rings. The molecule has 1 aliphatic heterocycles. The van der Waals surface area contributed by atoms with Gasteiger partial charge >= 0.3 is 0 Å². The van der Waals surface area contributed by atoms with E-state index in [0.29, 0.717) is 6.17 Å². The quantitative estimate of drug-likeness (QED) is 0.444. The molecule has 1 rings (SSSR count). The number of unbranched alkanes of at least 4 members (excludes halogenated alkanes) is 8. The zero-order valence-electron chi connectivity index (χ0n) is 14.1. The summed E-state index contributed by atoms with van der Waals surface area (Å²) in [5.41, 5.74) is 0. The second-order valence-corrected chi connectivity index (χ2v) is 6.23. The van der Waals surface area contributed by atoms with Crippen molar-refractivity contribution in [1.82, 2.24) is 9.80 Å². The highest BCUT2D eigenvalue weighted by Gasteiger charge is 2.20. The van der Waals surface area contributed by atoms with Crippen molar-refractivity contribution in [3.05, 3.63) is 12.4 Å². The minimum absolute atomic E-state index is 0.575. The summed E-state index contributed by atoms with van der Waals surface area (Å²) in [4.78, 5) is 4.99. The molecule has 0 saturated heterocycles. The maximum absolute atomic E-state index is 2.51. The zero-order chi connectivity index (χ0) is 14.6. The summed E-state index contributed by atoms with van der Waals surface area (Å²) >= 11 is 0. The Morgan fingerprint density at radius 2 is 1.10 bits per heavy atom. The Balaban J connectivity index is 1.99. The van der Waals surface area contributed by atoms with Gasteiger partial charge < -0.3 is 9.80 Å². The Bertz CT molecular complexity index is 250. The molecule has 1 unspecified atom stereocenters. The molecule has 0 radical (unpaired) electrons. The van der Waals surface area contributed by atoms with Crippen LogP contribution in [0.25, 0.3) is 0 Å². The molecule has 1 atom stereocenters. The van der Waals surface area contributed by atoms with Crippen LogP contribution in [0.1, 0.15) is 85.0 Å². The van der Waals surface area contributed by atoms with Crippen molar-refractivity contribution in [2.75, 3.05) is 13.1 Å². The van der Waals surface area contributed by atoms with Gasteiger partial charge in [-0.15, -0.1) is 0 Å². The highest BCUT2D eigenvalue weighted by atomic mass is 15.4. The minimum Gasteiger partial charge on any atom is -0.356 e. The minimum atomic E-state index is 0.575. The van der Waals surface area contributed by atoms with Crippen LogP contribution in [0.2, 0.25) is 0 Å². The van der Waals surface area contributed by atoms with Crippen molar-refractivity contribution in [2.45, 2.75) is 91.1 Å². The van der Waals surface area contributed by atoms with Gasteiger partial charge in [0.1, 0.15) is 0 Å². The van der Waals surface area contributed by atoms with Crippen LogP contribution in [-0.4, -0.2) is 29.1 Å². The largest absolute Gasteiger partial charge is 0.356 e. The van der Waals surface area contributed by atoms with Gasteiger partial charge in [0.05, 0.1) is 6.17 Å². The van der Waals surface area contributed by atoms with Crippen molar-refractivity contribution in [3.63, 3.8) is 0 Å². The summed E-state index contributed by atoms with van der Waals surface area (Å²) in [6.07, 6.45) is 19.0. The predicted molar refractivity (Wildman–Crippen MR) is 89.5 cm³/mol. The monoisotopic (exact) mass is 280 g/mol. The van der Waals surface area contributed by atoms with Crippen LogP contribution < -0.4 is 0 Å². The lowest BCUT2D eigenvalue weighted by atomic mass is 10.1. The average molecular weight is 280 g/mol. The molecule has 1 aliphatic rings. The highest BCUT2D eigenvalue weighted by molar-refractivity contribution is 4.95. The molecule has 2 nitrogen and oxygen atoms in total. The van der Waals surface area contributed by atoms with Gasteiger partial charge in [-0.05, 0) is 19.8 Å². The van der Waals surface area contributed by atoms with Crippen molar-refractivity contribution >= 4 is 0 Å². The Kier molecular flexibility index (Phi) is 9.61. The van der Waals surface area contributed by atoms with Gasteiger partial charge in [0.25, 0.3) is 0 Å². The first-order valence-corrected chi connectivity index (χ1v) is 8.99. The van der Waals surface area contributed by atoms with Gasteiger partial charge in [-0.3, -0.25) is 0 Å². The van der Waals surface area contributed by atoms with E-state index in [1.54, 1.807) is 0 Å². The fraction of sp³-hybridized carbons (Fsp3) is 0.889. The summed E-state index contributed by atoms with van der Waals surface area (Å²) in [6.45, 7) is 9.33. The fourth-order valence-electron chi connectivity index (χ4n) is 2.90. The third kappa shape index (κ3) is 6.67. The van der Waals surface area contributed by atoms with Crippen molar-refractivity contribution in [2.24, 2.45) is 0 Å². The molecule has 20 heavy (non-hydrogen) atoms. The van der Waals surface area contributed by atoms with Crippen LogP contribution in [0.3, 0.4) is 0 Å². The van der Waals surface area contributed by atoms with E-state index < -0.39 is 0 Å². The molecular formula is C18H36N2. The molecule has 0 aliphatic carbocycles. The molecule has 0 bridgehead atoms. The summed E-state index contributed by atoms with van der Waals surface area (Å²) in [6, 6.07) is 0. The van der Waals surface area contributed by atoms with Gasteiger partial charge in [0.2, 0.25) is 0 Å². The van der Waals surface area contributed by atoms with Gasteiger partial charge in [0, 0.05) is 25.5 Å². The molecule has 1 heterocycles. The van der Waals surface area contributed by atoms with E-state index in [9.17, 15) is 0 Å². The fourth-order valence-corrected chi connectivity index (χ4v) is 2.90. The summed E-state index contributed by atoms with van der Waals surface area (Å²) in [5, 5.41) is 0. The molecular weight excluding hydrogens is 244 g/mol. The normalized spacial score (nSPS) is 18.2. The summed E-state index contributed by atoms with van der Waals surface area (Å²) in [7, 11) is 0. The molecule has 0 aromatic carbocycles. The lowest BCUT2D eigenvalue weighted by Crippen LogP contribution is -2.36. The van der Waals surface area contributed by atoms with Crippen LogP contribution in [0, 0.1) is 0 Å². The average Bonchev–Trinajstić information content (AvgIpc) is 2.80. The molecule has 0 aromatic rings. The topological polar surface area (TPSA) is 6.48 Å². The van der Waals surface area contributed by atoms with Gasteiger partial charge in [0.15, 0.2) is 0 Å². The van der Waals surface area contributed by atoms with Gasteiger partial charge in [-0.2, -0.15) is 0 Å². The zero-order valence-corrected chi connectivity index (χ0v) is 14.1. The Morgan fingerprint density at radius 1 is 0.650 bits per heavy atom.